The minimum atomic E-state index is -0.856. The van der Waals surface area contributed by atoms with Gasteiger partial charge in [-0.1, -0.05) is 0 Å². The Morgan fingerprint density at radius 1 is 1.32 bits per heavy atom. The molecule has 0 aliphatic carbocycles. The minimum Gasteiger partial charge on any atom is -0.348 e. The monoisotopic (exact) mass is 328 g/mol. The normalized spacial score (nSPS) is 22.1. The number of hydrogen-bond acceptors (Lipinski definition) is 4. The van der Waals surface area contributed by atoms with Crippen LogP contribution in [0, 0.1) is 0 Å². The summed E-state index contributed by atoms with van der Waals surface area (Å²) in [6.07, 6.45) is 0. The van der Waals surface area contributed by atoms with Gasteiger partial charge in [-0.3, -0.25) is 19.4 Å². The number of likely N-dealkylation sites (N-methyl/N-ethyl adjacent to an activating group) is 2. The Labute approximate surface area is 133 Å². The van der Waals surface area contributed by atoms with Gasteiger partial charge in [0.15, 0.2) is 6.54 Å². The molecule has 0 radical (unpaired) electrons. The highest BCUT2D eigenvalue weighted by Crippen LogP contribution is 2.19. The second kappa shape index (κ2) is 5.35. The second-order valence-electron chi connectivity index (χ2n) is 6.31. The highest BCUT2D eigenvalue weighted by molar-refractivity contribution is 6.65. The molecule has 4 amide bonds. The quantitative estimate of drug-likeness (QED) is 0.563. The number of carbonyl (C=O) groups excluding carboxylic acids is 3. The Hall–Kier alpha value is -1.96. The van der Waals surface area contributed by atoms with Crippen molar-refractivity contribution in [1.29, 1.82) is 0 Å². The molecule has 2 heterocycles. The van der Waals surface area contributed by atoms with Gasteiger partial charge in [0.25, 0.3) is 23.7 Å². The molecule has 120 valence electrons. The van der Waals surface area contributed by atoms with Crippen molar-refractivity contribution < 1.29 is 19.0 Å². The summed E-state index contributed by atoms with van der Waals surface area (Å²) in [5.74, 6) is -0.500. The Balaban J connectivity index is 2.25. The number of nitrogens with zero attached hydrogens (tertiary/aromatic N) is 4. The Bertz CT molecular complexity index is 620. The van der Waals surface area contributed by atoms with Crippen LogP contribution in [-0.2, 0) is 9.59 Å². The van der Waals surface area contributed by atoms with E-state index in [0.29, 0.717) is 0 Å². The molecule has 2 rings (SSSR count). The molecule has 1 unspecified atom stereocenters. The van der Waals surface area contributed by atoms with Gasteiger partial charge in [0.05, 0.1) is 0 Å². The molecule has 0 aromatic heterocycles. The fourth-order valence-electron chi connectivity index (χ4n) is 2.34. The van der Waals surface area contributed by atoms with E-state index >= 15 is 0 Å². The molecule has 8 nitrogen and oxygen atoms in total. The third kappa shape index (κ3) is 2.83. The number of rotatable bonds is 2. The fraction of sp³-hybridized carbons (Fsp3) is 0.615. The number of amides is 4. The van der Waals surface area contributed by atoms with Crippen LogP contribution < -0.4 is 5.32 Å². The standard InChI is InChI=1S/C13H18ClN5O3/c1-13(2,3)16-7(20)6-19-8-9(15-11(19)14)17(4)12(22)18(5)10(8)21/h8H,6H2,1-5H3/p+1. The van der Waals surface area contributed by atoms with Gasteiger partial charge in [0.2, 0.25) is 0 Å². The summed E-state index contributed by atoms with van der Waals surface area (Å²) < 4.78 is 1.39. The van der Waals surface area contributed by atoms with E-state index in [1.807, 2.05) is 20.8 Å². The lowest BCUT2D eigenvalue weighted by Gasteiger charge is -2.30. The number of urea groups is 1. The van der Waals surface area contributed by atoms with E-state index < -0.39 is 23.5 Å². The minimum absolute atomic E-state index is 0.0207. The molecule has 2 aliphatic rings. The van der Waals surface area contributed by atoms with Gasteiger partial charge in [-0.15, -0.1) is 0 Å². The molecule has 0 saturated carbocycles. The Morgan fingerprint density at radius 3 is 2.45 bits per heavy atom. The maximum Gasteiger partial charge on any atom is 0.394 e. The first kappa shape index (κ1) is 16.4. The number of carbonyl (C=O) groups is 3. The molecular weight excluding hydrogens is 310 g/mol. The average molecular weight is 329 g/mol. The van der Waals surface area contributed by atoms with Crippen LogP contribution in [-0.4, -0.2) is 75.6 Å². The first-order valence-electron chi connectivity index (χ1n) is 6.77. The predicted molar refractivity (Wildman–Crippen MR) is 81.0 cm³/mol. The van der Waals surface area contributed by atoms with Crippen LogP contribution in [0.2, 0.25) is 0 Å². The summed E-state index contributed by atoms with van der Waals surface area (Å²) in [4.78, 5) is 42.6. The highest BCUT2D eigenvalue weighted by Gasteiger charge is 2.53. The second-order valence-corrected chi connectivity index (χ2v) is 6.64. The van der Waals surface area contributed by atoms with E-state index in [0.717, 1.165) is 4.90 Å². The largest absolute Gasteiger partial charge is 0.394 e. The van der Waals surface area contributed by atoms with Crippen LogP contribution in [0.3, 0.4) is 0 Å². The summed E-state index contributed by atoms with van der Waals surface area (Å²) in [6, 6.07) is -1.34. The van der Waals surface area contributed by atoms with Crippen LogP contribution in [0.4, 0.5) is 4.79 Å². The molecule has 0 bridgehead atoms. The molecule has 1 N–H and O–H groups in total. The first-order chi connectivity index (χ1) is 10.0. The zero-order valence-electron chi connectivity index (χ0n) is 13.2. The summed E-state index contributed by atoms with van der Waals surface area (Å²) in [5, 5.41) is 2.82. The van der Waals surface area contributed by atoms with Crippen molar-refractivity contribution in [2.45, 2.75) is 32.4 Å². The summed E-state index contributed by atoms with van der Waals surface area (Å²) >= 11 is 6.06. The van der Waals surface area contributed by atoms with Crippen molar-refractivity contribution in [3.63, 3.8) is 0 Å². The van der Waals surface area contributed by atoms with E-state index in [-0.39, 0.29) is 23.6 Å². The SMILES string of the molecule is CN1C(=O)C2C(=NC(Cl)=[N+]2CC(=O)NC(C)(C)C)N(C)C1=O. The molecule has 0 aromatic carbocycles. The average Bonchev–Trinajstić information content (AvgIpc) is 2.69. The lowest BCUT2D eigenvalue weighted by atomic mass is 10.1. The van der Waals surface area contributed by atoms with Crippen molar-refractivity contribution in [3.8, 4) is 0 Å². The number of nitrogens with one attached hydrogen (secondary N) is 1. The van der Waals surface area contributed by atoms with Crippen molar-refractivity contribution in [3.05, 3.63) is 0 Å². The smallest absolute Gasteiger partial charge is 0.348 e. The van der Waals surface area contributed by atoms with Crippen molar-refractivity contribution in [2.24, 2.45) is 4.99 Å². The number of imide groups is 1. The number of fused-ring (bicyclic) bond motifs is 1. The molecule has 1 fully saturated rings. The maximum absolute atomic E-state index is 12.3. The summed E-state index contributed by atoms with van der Waals surface area (Å²) in [6.45, 7) is 5.45. The molecule has 0 aromatic rings. The molecular formula is C13H19ClN5O3+. The summed E-state index contributed by atoms with van der Waals surface area (Å²) in [7, 11) is 2.90. The first-order valence-corrected chi connectivity index (χ1v) is 7.14. The highest BCUT2D eigenvalue weighted by atomic mass is 35.5. The number of amidine groups is 2. The van der Waals surface area contributed by atoms with Gasteiger partial charge in [-0.2, -0.15) is 0 Å². The van der Waals surface area contributed by atoms with E-state index in [9.17, 15) is 14.4 Å². The Kier molecular flexibility index (Phi) is 3.99. The van der Waals surface area contributed by atoms with Gasteiger partial charge in [0, 0.05) is 31.2 Å². The number of hydrogen-bond donors (Lipinski definition) is 1. The van der Waals surface area contributed by atoms with Crippen LogP contribution >= 0.6 is 11.6 Å². The van der Waals surface area contributed by atoms with E-state index in [4.69, 9.17) is 11.6 Å². The lowest BCUT2D eigenvalue weighted by Crippen LogP contribution is -2.62. The van der Waals surface area contributed by atoms with E-state index in [1.165, 1.54) is 23.6 Å². The van der Waals surface area contributed by atoms with E-state index in [1.54, 1.807) is 0 Å². The zero-order valence-corrected chi connectivity index (χ0v) is 13.9. The van der Waals surface area contributed by atoms with Crippen molar-refractivity contribution in [2.75, 3.05) is 20.6 Å². The molecule has 0 spiro atoms. The zero-order chi connectivity index (χ0) is 16.8. The topological polar surface area (TPSA) is 85.1 Å². The van der Waals surface area contributed by atoms with Gasteiger partial charge >= 0.3 is 11.3 Å². The van der Waals surface area contributed by atoms with Crippen LogP contribution in [0.5, 0.6) is 0 Å². The fourth-order valence-corrected chi connectivity index (χ4v) is 2.58. The molecule has 2 aliphatic heterocycles. The lowest BCUT2D eigenvalue weighted by molar-refractivity contribution is -0.522. The number of halogens is 1. The number of aliphatic imine (C=N–C) groups is 1. The van der Waals surface area contributed by atoms with Gasteiger partial charge < -0.3 is 5.32 Å². The van der Waals surface area contributed by atoms with Gasteiger partial charge in [0.1, 0.15) is 0 Å². The van der Waals surface area contributed by atoms with Gasteiger partial charge in [-0.05, 0) is 25.8 Å². The van der Waals surface area contributed by atoms with Crippen molar-refractivity contribution in [1.82, 2.24) is 15.1 Å². The predicted octanol–water partition coefficient (Wildman–Crippen LogP) is -0.187. The maximum atomic E-state index is 12.3. The van der Waals surface area contributed by atoms with Gasteiger partial charge in [-0.25, -0.2) is 9.37 Å². The molecule has 1 saturated heterocycles. The van der Waals surface area contributed by atoms with Crippen LogP contribution in [0.25, 0.3) is 0 Å². The van der Waals surface area contributed by atoms with Crippen molar-refractivity contribution >= 4 is 40.6 Å². The molecule has 1 atom stereocenters. The van der Waals surface area contributed by atoms with Crippen LogP contribution in [0.1, 0.15) is 20.8 Å². The molecule has 22 heavy (non-hydrogen) atoms. The summed E-state index contributed by atoms with van der Waals surface area (Å²) in [5.41, 5.74) is -0.396. The van der Waals surface area contributed by atoms with E-state index in [2.05, 4.69) is 10.3 Å². The molecule has 9 heteroatoms. The third-order valence-corrected chi connectivity index (χ3v) is 3.61. The van der Waals surface area contributed by atoms with Crippen LogP contribution in [0.15, 0.2) is 4.99 Å². The Morgan fingerprint density at radius 2 is 1.91 bits per heavy atom. The third-order valence-electron chi connectivity index (χ3n) is 3.31.